The molecule has 2 aliphatic rings. The SMILES string of the molecule is CCOC(=O)c1c(NC(=O)CN2CCN(C(=O)OCC)CC2)sc2c1CCCC2. The minimum absolute atomic E-state index is 0.154. The zero-order valence-corrected chi connectivity index (χ0v) is 17.9. The van der Waals surface area contributed by atoms with E-state index in [1.54, 1.807) is 18.7 Å². The first-order chi connectivity index (χ1) is 14.0. The summed E-state index contributed by atoms with van der Waals surface area (Å²) in [5.41, 5.74) is 1.57. The molecule has 1 N–H and O–H groups in total. The Morgan fingerprint density at radius 2 is 1.69 bits per heavy atom. The smallest absolute Gasteiger partial charge is 0.409 e. The van der Waals surface area contributed by atoms with Gasteiger partial charge in [-0.3, -0.25) is 9.69 Å². The monoisotopic (exact) mass is 423 g/mol. The number of esters is 1. The van der Waals surface area contributed by atoms with Crippen LogP contribution in [-0.2, 0) is 27.1 Å². The molecule has 29 heavy (non-hydrogen) atoms. The second kappa shape index (κ2) is 10.1. The maximum Gasteiger partial charge on any atom is 0.409 e. The van der Waals surface area contributed by atoms with Gasteiger partial charge in [-0.05, 0) is 45.1 Å². The molecule has 0 radical (unpaired) electrons. The van der Waals surface area contributed by atoms with Crippen LogP contribution in [0.15, 0.2) is 0 Å². The lowest BCUT2D eigenvalue weighted by Gasteiger charge is -2.33. The van der Waals surface area contributed by atoms with Crippen molar-refractivity contribution in [2.24, 2.45) is 0 Å². The summed E-state index contributed by atoms with van der Waals surface area (Å²) in [6, 6.07) is 0. The molecular formula is C20H29N3O5S. The van der Waals surface area contributed by atoms with E-state index in [0.717, 1.165) is 31.2 Å². The summed E-state index contributed by atoms with van der Waals surface area (Å²) in [7, 11) is 0. The van der Waals surface area contributed by atoms with Gasteiger partial charge in [-0.1, -0.05) is 0 Å². The van der Waals surface area contributed by atoms with Gasteiger partial charge in [-0.15, -0.1) is 11.3 Å². The number of rotatable bonds is 6. The maximum atomic E-state index is 12.6. The van der Waals surface area contributed by atoms with Crippen molar-refractivity contribution < 1.29 is 23.9 Å². The van der Waals surface area contributed by atoms with Crippen LogP contribution >= 0.6 is 11.3 Å². The van der Waals surface area contributed by atoms with Crippen LogP contribution in [0.25, 0.3) is 0 Å². The summed E-state index contributed by atoms with van der Waals surface area (Å²) in [5, 5.41) is 3.54. The number of piperazine rings is 1. The first kappa shape index (κ1) is 21.6. The van der Waals surface area contributed by atoms with Gasteiger partial charge in [-0.25, -0.2) is 9.59 Å². The Bertz CT molecular complexity index is 756. The number of nitrogens with one attached hydrogen (secondary N) is 1. The summed E-state index contributed by atoms with van der Waals surface area (Å²) < 4.78 is 10.3. The van der Waals surface area contributed by atoms with E-state index in [0.29, 0.717) is 50.0 Å². The Morgan fingerprint density at radius 3 is 2.38 bits per heavy atom. The van der Waals surface area contributed by atoms with Crippen LogP contribution in [0.3, 0.4) is 0 Å². The quantitative estimate of drug-likeness (QED) is 0.708. The Kier molecular flexibility index (Phi) is 7.49. The lowest BCUT2D eigenvalue weighted by molar-refractivity contribution is -0.117. The molecule has 0 saturated carbocycles. The van der Waals surface area contributed by atoms with E-state index in [1.165, 1.54) is 16.2 Å². The summed E-state index contributed by atoms with van der Waals surface area (Å²) in [6.45, 7) is 6.74. The van der Waals surface area contributed by atoms with Crippen LogP contribution in [0.4, 0.5) is 9.80 Å². The van der Waals surface area contributed by atoms with Gasteiger partial charge < -0.3 is 19.7 Å². The van der Waals surface area contributed by atoms with E-state index in [1.807, 2.05) is 4.90 Å². The third kappa shape index (κ3) is 5.27. The molecule has 1 fully saturated rings. The van der Waals surface area contributed by atoms with Crippen molar-refractivity contribution in [3.8, 4) is 0 Å². The lowest BCUT2D eigenvalue weighted by Crippen LogP contribution is -2.50. The van der Waals surface area contributed by atoms with Crippen LogP contribution in [-0.4, -0.2) is 73.7 Å². The van der Waals surface area contributed by atoms with Crippen molar-refractivity contribution >= 4 is 34.3 Å². The minimum atomic E-state index is -0.356. The molecule has 1 aromatic heterocycles. The van der Waals surface area contributed by atoms with Gasteiger partial charge >= 0.3 is 12.1 Å². The average Bonchev–Trinajstić information content (AvgIpc) is 3.06. The Labute approximate surface area is 175 Å². The average molecular weight is 424 g/mol. The van der Waals surface area contributed by atoms with Crippen molar-refractivity contribution in [1.29, 1.82) is 0 Å². The standard InChI is InChI=1S/C20H29N3O5S/c1-3-27-19(25)17-14-7-5-6-8-15(14)29-18(17)21-16(24)13-22-9-11-23(12-10-22)20(26)28-4-2/h3-13H2,1-2H3,(H,21,24). The van der Waals surface area contributed by atoms with E-state index < -0.39 is 0 Å². The number of fused-ring (bicyclic) bond motifs is 1. The molecule has 0 spiro atoms. The van der Waals surface area contributed by atoms with E-state index >= 15 is 0 Å². The summed E-state index contributed by atoms with van der Waals surface area (Å²) >= 11 is 1.50. The molecule has 0 aromatic carbocycles. The normalized spacial score (nSPS) is 16.8. The predicted molar refractivity (Wildman–Crippen MR) is 111 cm³/mol. The highest BCUT2D eigenvalue weighted by atomic mass is 32.1. The van der Waals surface area contributed by atoms with Gasteiger partial charge in [0.15, 0.2) is 0 Å². The molecule has 1 saturated heterocycles. The molecule has 0 unspecified atom stereocenters. The van der Waals surface area contributed by atoms with Crippen LogP contribution in [0.1, 0.15) is 47.5 Å². The number of nitrogens with zero attached hydrogens (tertiary/aromatic N) is 2. The zero-order valence-electron chi connectivity index (χ0n) is 17.1. The molecule has 1 aliphatic carbocycles. The van der Waals surface area contributed by atoms with Gasteiger partial charge in [0, 0.05) is 31.1 Å². The summed E-state index contributed by atoms with van der Waals surface area (Å²) in [5.74, 6) is -0.510. The third-order valence-electron chi connectivity index (χ3n) is 5.17. The lowest BCUT2D eigenvalue weighted by atomic mass is 9.95. The fourth-order valence-corrected chi connectivity index (χ4v) is 5.04. The number of thiophene rings is 1. The number of carbonyl (C=O) groups excluding carboxylic acids is 3. The predicted octanol–water partition coefficient (Wildman–Crippen LogP) is 2.52. The molecule has 1 aliphatic heterocycles. The maximum absolute atomic E-state index is 12.6. The molecule has 2 heterocycles. The summed E-state index contributed by atoms with van der Waals surface area (Å²) in [4.78, 5) is 41.8. The van der Waals surface area contributed by atoms with Gasteiger partial charge in [0.25, 0.3) is 0 Å². The fraction of sp³-hybridized carbons (Fsp3) is 0.650. The third-order valence-corrected chi connectivity index (χ3v) is 6.38. The van der Waals surface area contributed by atoms with Crippen LogP contribution in [0, 0.1) is 0 Å². The van der Waals surface area contributed by atoms with Crippen molar-refractivity contribution in [1.82, 2.24) is 9.80 Å². The van der Waals surface area contributed by atoms with Crippen molar-refractivity contribution in [3.63, 3.8) is 0 Å². The van der Waals surface area contributed by atoms with Crippen LogP contribution in [0.2, 0.25) is 0 Å². The number of carbonyl (C=O) groups is 3. The van der Waals surface area contributed by atoms with E-state index in [4.69, 9.17) is 9.47 Å². The molecular weight excluding hydrogens is 394 g/mol. The molecule has 2 amide bonds. The topological polar surface area (TPSA) is 88.2 Å². The number of ether oxygens (including phenoxy) is 2. The molecule has 0 bridgehead atoms. The second-order valence-electron chi connectivity index (χ2n) is 7.15. The van der Waals surface area contributed by atoms with Gasteiger partial charge in [0.05, 0.1) is 25.3 Å². The van der Waals surface area contributed by atoms with E-state index in [9.17, 15) is 14.4 Å². The van der Waals surface area contributed by atoms with E-state index in [2.05, 4.69) is 5.32 Å². The highest BCUT2D eigenvalue weighted by Gasteiger charge is 2.28. The largest absolute Gasteiger partial charge is 0.462 e. The number of hydrogen-bond donors (Lipinski definition) is 1. The zero-order chi connectivity index (χ0) is 20.8. The summed E-state index contributed by atoms with van der Waals surface area (Å²) in [6.07, 6.45) is 3.64. The van der Waals surface area contributed by atoms with Crippen LogP contribution < -0.4 is 5.32 Å². The number of amides is 2. The molecule has 0 atom stereocenters. The second-order valence-corrected chi connectivity index (χ2v) is 8.25. The molecule has 9 heteroatoms. The van der Waals surface area contributed by atoms with Gasteiger partial charge in [0.1, 0.15) is 5.00 Å². The molecule has 8 nitrogen and oxygen atoms in total. The van der Waals surface area contributed by atoms with Crippen LogP contribution in [0.5, 0.6) is 0 Å². The number of anilines is 1. The van der Waals surface area contributed by atoms with Crippen molar-refractivity contribution in [2.45, 2.75) is 39.5 Å². The highest BCUT2D eigenvalue weighted by molar-refractivity contribution is 7.17. The van der Waals surface area contributed by atoms with Gasteiger partial charge in [0.2, 0.25) is 5.91 Å². The number of hydrogen-bond acceptors (Lipinski definition) is 7. The molecule has 3 rings (SSSR count). The molecule has 160 valence electrons. The number of aryl methyl sites for hydroxylation is 1. The first-order valence-corrected chi connectivity index (χ1v) is 11.1. The van der Waals surface area contributed by atoms with Gasteiger partial charge in [-0.2, -0.15) is 0 Å². The minimum Gasteiger partial charge on any atom is -0.462 e. The van der Waals surface area contributed by atoms with Crippen molar-refractivity contribution in [2.75, 3.05) is 51.3 Å². The van der Waals surface area contributed by atoms with Crippen molar-refractivity contribution in [3.05, 3.63) is 16.0 Å². The fourth-order valence-electron chi connectivity index (χ4n) is 3.75. The van der Waals surface area contributed by atoms with E-state index in [-0.39, 0.29) is 24.5 Å². The Balaban J connectivity index is 1.60. The Hall–Kier alpha value is -2.13. The Morgan fingerprint density at radius 1 is 1.00 bits per heavy atom. The highest BCUT2D eigenvalue weighted by Crippen LogP contribution is 2.38. The first-order valence-electron chi connectivity index (χ1n) is 10.3. The molecule has 1 aromatic rings.